The minimum Gasteiger partial charge on any atom is -0.453 e. The lowest BCUT2D eigenvalue weighted by Crippen LogP contribution is -2.21. The molecule has 22 heavy (non-hydrogen) atoms. The molecule has 1 aliphatic carbocycles. The van der Waals surface area contributed by atoms with Gasteiger partial charge in [0.25, 0.3) is 5.56 Å². The lowest BCUT2D eigenvalue weighted by Gasteiger charge is -2.16. The van der Waals surface area contributed by atoms with E-state index in [2.05, 4.69) is 0 Å². The van der Waals surface area contributed by atoms with Gasteiger partial charge in [-0.2, -0.15) is 0 Å². The van der Waals surface area contributed by atoms with E-state index in [1.54, 1.807) is 24.4 Å². The Bertz CT molecular complexity index is 778. The number of nitrogens with zero attached hydrogens (tertiary/aromatic N) is 1. The van der Waals surface area contributed by atoms with Gasteiger partial charge in [-0.05, 0) is 31.0 Å². The maximum Gasteiger partial charge on any atom is 0.251 e. The van der Waals surface area contributed by atoms with E-state index in [4.69, 9.17) is 35.0 Å². The van der Waals surface area contributed by atoms with Gasteiger partial charge in [-0.25, -0.2) is 0 Å². The first-order valence-electron chi connectivity index (χ1n) is 7.55. The van der Waals surface area contributed by atoms with Crippen molar-refractivity contribution < 1.29 is 6.11 Å². The molecule has 1 saturated carbocycles. The van der Waals surface area contributed by atoms with Gasteiger partial charge in [0.1, 0.15) is 5.75 Å². The largest absolute Gasteiger partial charge is 0.453 e. The summed E-state index contributed by atoms with van der Waals surface area (Å²) in [6, 6.07) is 5.11. The molecule has 3 rings (SSSR count). The Morgan fingerprint density at radius 3 is 2.50 bits per heavy atom. The van der Waals surface area contributed by atoms with Gasteiger partial charge in [0, 0.05) is 17.8 Å². The number of halogens is 2. The first-order valence-corrected chi connectivity index (χ1v) is 7.80. The maximum atomic E-state index is 12.1. The molecular formula is C16H16Cl2N2O2. The van der Waals surface area contributed by atoms with Crippen molar-refractivity contribution in [3.05, 3.63) is 50.9 Å². The van der Waals surface area contributed by atoms with Crippen molar-refractivity contribution >= 4 is 28.9 Å². The first kappa shape index (κ1) is 14.0. The van der Waals surface area contributed by atoms with Crippen LogP contribution in [0.15, 0.2) is 35.3 Å². The van der Waals surface area contributed by atoms with Crippen LogP contribution in [0.5, 0.6) is 11.5 Å². The van der Waals surface area contributed by atoms with Crippen LogP contribution in [0, 0.1) is 0 Å². The van der Waals surface area contributed by atoms with E-state index in [0.29, 0.717) is 24.3 Å². The van der Waals surface area contributed by atoms with Crippen LogP contribution < -0.4 is 16.0 Å². The fourth-order valence-electron chi connectivity index (χ4n) is 2.59. The van der Waals surface area contributed by atoms with Crippen molar-refractivity contribution in [1.29, 1.82) is 0 Å². The summed E-state index contributed by atoms with van der Waals surface area (Å²) in [7, 11) is 0. The molecule has 1 aromatic carbocycles. The van der Waals surface area contributed by atoms with Gasteiger partial charge in [-0.1, -0.05) is 36.0 Å². The summed E-state index contributed by atoms with van der Waals surface area (Å²) in [6.07, 6.45) is 4.73. The Balaban J connectivity index is 1.98. The second kappa shape index (κ2) is 6.23. The second-order valence-corrected chi connectivity index (χ2v) is 6.08. The molecule has 0 unspecified atom stereocenters. The average Bonchev–Trinajstić information content (AvgIpc) is 2.92. The quantitative estimate of drug-likeness (QED) is 0.828. The van der Waals surface area contributed by atoms with Crippen LogP contribution in [0.4, 0.5) is 5.69 Å². The van der Waals surface area contributed by atoms with Crippen LogP contribution >= 0.6 is 23.2 Å². The SMILES string of the molecule is [2H]C1(n2cc(Oc3c(Cl)cc(N)cc3Cl)ccc2=O)CCCC1. The molecule has 2 N–H and O–H groups in total. The van der Waals surface area contributed by atoms with Crippen LogP contribution in [-0.4, -0.2) is 4.57 Å². The predicted molar refractivity (Wildman–Crippen MR) is 89.2 cm³/mol. The summed E-state index contributed by atoms with van der Waals surface area (Å²) in [5, 5.41) is 0.573. The van der Waals surface area contributed by atoms with Gasteiger partial charge in [0.15, 0.2) is 5.75 Å². The maximum absolute atomic E-state index is 12.1. The Kier molecular flexibility index (Phi) is 3.95. The summed E-state index contributed by atoms with van der Waals surface area (Å²) < 4.78 is 15.6. The summed E-state index contributed by atoms with van der Waals surface area (Å²) in [6.45, 7) is 0. The summed E-state index contributed by atoms with van der Waals surface area (Å²) in [5.41, 5.74) is 5.89. The van der Waals surface area contributed by atoms with E-state index in [1.807, 2.05) is 0 Å². The highest BCUT2D eigenvalue weighted by Gasteiger charge is 2.18. The zero-order chi connectivity index (χ0) is 16.6. The molecule has 0 amide bonds. The van der Waals surface area contributed by atoms with Gasteiger partial charge in [-0.3, -0.25) is 4.79 Å². The third-order valence-corrected chi connectivity index (χ3v) is 4.21. The molecular weight excluding hydrogens is 323 g/mol. The third kappa shape index (κ3) is 3.08. The van der Waals surface area contributed by atoms with Gasteiger partial charge in [0.2, 0.25) is 0 Å². The van der Waals surface area contributed by atoms with Crippen LogP contribution in [0.25, 0.3) is 0 Å². The van der Waals surface area contributed by atoms with E-state index in [0.717, 1.165) is 12.8 Å². The van der Waals surface area contributed by atoms with Crippen molar-refractivity contribution in [2.45, 2.75) is 31.7 Å². The summed E-state index contributed by atoms with van der Waals surface area (Å²) in [5.74, 6) is 0.676. The zero-order valence-electron chi connectivity index (χ0n) is 12.8. The molecule has 1 aromatic heterocycles. The normalized spacial score (nSPS) is 17.3. The molecule has 6 heteroatoms. The van der Waals surface area contributed by atoms with Crippen molar-refractivity contribution in [3.63, 3.8) is 0 Å². The van der Waals surface area contributed by atoms with Crippen molar-refractivity contribution in [1.82, 2.24) is 4.57 Å². The number of ether oxygens (including phenoxy) is 1. The highest BCUT2D eigenvalue weighted by molar-refractivity contribution is 6.37. The molecule has 2 aromatic rings. The lowest BCUT2D eigenvalue weighted by molar-refractivity contribution is 0.452. The van der Waals surface area contributed by atoms with Crippen molar-refractivity contribution in [2.75, 3.05) is 5.73 Å². The number of pyridine rings is 1. The summed E-state index contributed by atoms with van der Waals surface area (Å²) in [4.78, 5) is 12.1. The minimum atomic E-state index is -0.912. The monoisotopic (exact) mass is 339 g/mol. The second-order valence-electron chi connectivity index (χ2n) is 5.26. The minimum absolute atomic E-state index is 0.219. The third-order valence-electron chi connectivity index (χ3n) is 3.65. The van der Waals surface area contributed by atoms with Crippen LogP contribution in [-0.2, 0) is 0 Å². The van der Waals surface area contributed by atoms with Crippen molar-refractivity contribution in [3.8, 4) is 11.5 Å². The van der Waals surface area contributed by atoms with Crippen LogP contribution in [0.2, 0.25) is 10.0 Å². The number of hydrogen-bond donors (Lipinski definition) is 1. The molecule has 0 spiro atoms. The fourth-order valence-corrected chi connectivity index (χ4v) is 3.18. The topological polar surface area (TPSA) is 57.2 Å². The van der Waals surface area contributed by atoms with E-state index >= 15 is 0 Å². The molecule has 0 atom stereocenters. The molecule has 4 nitrogen and oxygen atoms in total. The van der Waals surface area contributed by atoms with Crippen LogP contribution in [0.1, 0.15) is 33.1 Å². The lowest BCUT2D eigenvalue weighted by atomic mass is 10.2. The zero-order valence-corrected chi connectivity index (χ0v) is 13.3. The Morgan fingerprint density at radius 1 is 1.23 bits per heavy atom. The molecule has 0 aliphatic heterocycles. The molecule has 0 radical (unpaired) electrons. The van der Waals surface area contributed by atoms with Gasteiger partial charge < -0.3 is 15.0 Å². The van der Waals surface area contributed by atoms with E-state index in [-0.39, 0.29) is 21.4 Å². The number of anilines is 1. The molecule has 0 saturated heterocycles. The van der Waals surface area contributed by atoms with Crippen molar-refractivity contribution in [2.24, 2.45) is 0 Å². The Morgan fingerprint density at radius 2 is 1.86 bits per heavy atom. The fraction of sp³-hybridized carbons (Fsp3) is 0.312. The van der Waals surface area contributed by atoms with E-state index < -0.39 is 6.02 Å². The molecule has 0 bridgehead atoms. The predicted octanol–water partition coefficient (Wildman–Crippen LogP) is 4.64. The van der Waals surface area contributed by atoms with Gasteiger partial charge in [-0.15, -0.1) is 0 Å². The molecule has 1 heterocycles. The highest BCUT2D eigenvalue weighted by atomic mass is 35.5. The standard InChI is InChI=1S/C16H16Cl2N2O2/c17-13-7-10(19)8-14(18)16(13)22-12-5-6-15(21)20(9-12)11-3-1-2-4-11/h5-9,11H,1-4,19H2/i11D. The highest BCUT2D eigenvalue weighted by Crippen LogP contribution is 2.38. The first-order chi connectivity index (χ1) is 10.9. The molecule has 1 fully saturated rings. The number of nitrogen functional groups attached to an aromatic ring is 1. The number of hydrogen-bond acceptors (Lipinski definition) is 3. The average molecular weight is 340 g/mol. The van der Waals surface area contributed by atoms with Crippen LogP contribution in [0.3, 0.4) is 0 Å². The van der Waals surface area contributed by atoms with E-state index in [1.165, 1.54) is 10.6 Å². The molecule has 1 aliphatic rings. The number of benzene rings is 1. The molecule has 116 valence electrons. The Labute approximate surface area is 139 Å². The summed E-state index contributed by atoms with van der Waals surface area (Å²) >= 11 is 12.2. The number of nitrogens with two attached hydrogens (primary N) is 1. The van der Waals surface area contributed by atoms with E-state index in [9.17, 15) is 4.79 Å². The number of aromatic nitrogens is 1. The van der Waals surface area contributed by atoms with Gasteiger partial charge in [0.05, 0.1) is 17.6 Å². The number of rotatable bonds is 3. The Hall–Kier alpha value is -1.65. The van der Waals surface area contributed by atoms with Gasteiger partial charge >= 0.3 is 0 Å². The smallest absolute Gasteiger partial charge is 0.251 e.